The molecule has 0 aromatic heterocycles. The second kappa shape index (κ2) is 3.81. The van der Waals surface area contributed by atoms with E-state index >= 15 is 0 Å². The monoisotopic (exact) mass is 217 g/mol. The van der Waals surface area contributed by atoms with E-state index < -0.39 is 0 Å². The Labute approximate surface area is 94.8 Å². The smallest absolute Gasteiger partial charge is 0.251 e. The highest BCUT2D eigenvalue weighted by Gasteiger charge is 2.22. The number of benzene rings is 1. The van der Waals surface area contributed by atoms with Gasteiger partial charge in [-0.2, -0.15) is 0 Å². The molecule has 1 amide bonds. The van der Waals surface area contributed by atoms with Crippen LogP contribution in [0.3, 0.4) is 0 Å². The molecule has 0 saturated heterocycles. The van der Waals surface area contributed by atoms with Gasteiger partial charge in [0.05, 0.1) is 6.61 Å². The average molecular weight is 217 g/mol. The highest BCUT2D eigenvalue weighted by molar-refractivity contribution is 5.94. The van der Waals surface area contributed by atoms with Crippen molar-refractivity contribution in [3.63, 3.8) is 0 Å². The number of amides is 1. The van der Waals surface area contributed by atoms with Crippen LogP contribution in [-0.4, -0.2) is 19.1 Å². The van der Waals surface area contributed by atoms with Gasteiger partial charge in [0, 0.05) is 18.5 Å². The summed E-state index contributed by atoms with van der Waals surface area (Å²) >= 11 is 0. The summed E-state index contributed by atoms with van der Waals surface area (Å²) in [4.78, 5) is 11.8. The number of nitrogens with one attached hydrogen (secondary N) is 1. The predicted molar refractivity (Wildman–Crippen MR) is 60.7 cm³/mol. The molecule has 1 heterocycles. The van der Waals surface area contributed by atoms with E-state index in [1.54, 1.807) is 0 Å². The molecule has 84 valence electrons. The normalized spacial score (nSPS) is 17.8. The highest BCUT2D eigenvalue weighted by atomic mass is 16.5. The van der Waals surface area contributed by atoms with Gasteiger partial charge in [-0.3, -0.25) is 4.79 Å². The molecule has 1 N–H and O–H groups in total. The van der Waals surface area contributed by atoms with Crippen molar-refractivity contribution in [2.75, 3.05) is 13.2 Å². The Hall–Kier alpha value is -1.51. The van der Waals surface area contributed by atoms with Crippen LogP contribution in [0.1, 0.15) is 28.8 Å². The molecule has 16 heavy (non-hydrogen) atoms. The quantitative estimate of drug-likeness (QED) is 0.837. The van der Waals surface area contributed by atoms with Crippen molar-refractivity contribution >= 4 is 5.91 Å². The molecule has 0 bridgehead atoms. The maximum atomic E-state index is 11.8. The molecule has 2 aliphatic rings. The van der Waals surface area contributed by atoms with Crippen LogP contribution in [0, 0.1) is 5.92 Å². The Bertz CT molecular complexity index is 424. The van der Waals surface area contributed by atoms with E-state index in [9.17, 15) is 4.79 Å². The molecular formula is C13H15NO2. The fraction of sp³-hybridized carbons (Fsp3) is 0.462. The zero-order valence-corrected chi connectivity index (χ0v) is 9.16. The van der Waals surface area contributed by atoms with E-state index in [1.807, 2.05) is 18.2 Å². The number of ether oxygens (including phenoxy) is 1. The minimum absolute atomic E-state index is 0.0431. The van der Waals surface area contributed by atoms with Crippen LogP contribution in [0.15, 0.2) is 18.2 Å². The van der Waals surface area contributed by atoms with Gasteiger partial charge in [0.25, 0.3) is 5.91 Å². The van der Waals surface area contributed by atoms with Gasteiger partial charge >= 0.3 is 0 Å². The molecule has 1 saturated carbocycles. The third-order valence-corrected chi connectivity index (χ3v) is 3.20. The zero-order valence-electron chi connectivity index (χ0n) is 9.16. The lowest BCUT2D eigenvalue weighted by Crippen LogP contribution is -2.25. The van der Waals surface area contributed by atoms with Crippen molar-refractivity contribution in [1.29, 1.82) is 0 Å². The molecule has 1 aliphatic heterocycles. The summed E-state index contributed by atoms with van der Waals surface area (Å²) in [5.74, 6) is 1.70. The number of hydrogen-bond acceptors (Lipinski definition) is 2. The van der Waals surface area contributed by atoms with E-state index in [1.165, 1.54) is 12.8 Å². The first-order chi connectivity index (χ1) is 7.83. The molecule has 0 atom stereocenters. The Balaban J connectivity index is 1.70. The highest BCUT2D eigenvalue weighted by Crippen LogP contribution is 2.28. The fourth-order valence-electron chi connectivity index (χ4n) is 1.99. The summed E-state index contributed by atoms with van der Waals surface area (Å²) in [6.45, 7) is 1.56. The largest absolute Gasteiger partial charge is 0.493 e. The number of rotatable bonds is 3. The van der Waals surface area contributed by atoms with Gasteiger partial charge in [-0.15, -0.1) is 0 Å². The van der Waals surface area contributed by atoms with E-state index in [4.69, 9.17) is 4.74 Å². The molecule has 1 aliphatic carbocycles. The van der Waals surface area contributed by atoms with E-state index in [0.717, 1.165) is 42.4 Å². The van der Waals surface area contributed by atoms with Crippen molar-refractivity contribution in [2.24, 2.45) is 5.92 Å². The van der Waals surface area contributed by atoms with E-state index in [-0.39, 0.29) is 5.91 Å². The molecule has 3 heteroatoms. The fourth-order valence-corrected chi connectivity index (χ4v) is 1.99. The number of hydrogen-bond donors (Lipinski definition) is 1. The lowest BCUT2D eigenvalue weighted by Gasteiger charge is -2.05. The molecule has 3 rings (SSSR count). The van der Waals surface area contributed by atoms with Gasteiger partial charge < -0.3 is 10.1 Å². The third kappa shape index (κ3) is 1.90. The lowest BCUT2D eigenvalue weighted by atomic mass is 10.1. The Morgan fingerprint density at radius 2 is 2.31 bits per heavy atom. The minimum atomic E-state index is 0.0431. The summed E-state index contributed by atoms with van der Waals surface area (Å²) in [7, 11) is 0. The lowest BCUT2D eigenvalue weighted by molar-refractivity contribution is 0.0951. The van der Waals surface area contributed by atoms with Crippen molar-refractivity contribution in [3.8, 4) is 5.75 Å². The Kier molecular flexibility index (Phi) is 2.31. The average Bonchev–Trinajstić information content (AvgIpc) is 3.01. The Morgan fingerprint density at radius 1 is 1.44 bits per heavy atom. The minimum Gasteiger partial charge on any atom is -0.493 e. The van der Waals surface area contributed by atoms with Crippen LogP contribution >= 0.6 is 0 Å². The summed E-state index contributed by atoms with van der Waals surface area (Å²) < 4.78 is 5.41. The first kappa shape index (κ1) is 9.70. The topological polar surface area (TPSA) is 38.3 Å². The maximum Gasteiger partial charge on any atom is 0.251 e. The van der Waals surface area contributed by atoms with Crippen LogP contribution in [0.25, 0.3) is 0 Å². The summed E-state index contributed by atoms with van der Waals surface area (Å²) in [6.07, 6.45) is 3.44. The van der Waals surface area contributed by atoms with Gasteiger partial charge in [0.1, 0.15) is 5.75 Å². The van der Waals surface area contributed by atoms with Crippen molar-refractivity contribution < 1.29 is 9.53 Å². The predicted octanol–water partition coefficient (Wildman–Crippen LogP) is 1.76. The molecule has 0 spiro atoms. The van der Waals surface area contributed by atoms with Gasteiger partial charge in [-0.25, -0.2) is 0 Å². The van der Waals surface area contributed by atoms with E-state index in [2.05, 4.69) is 5.32 Å². The summed E-state index contributed by atoms with van der Waals surface area (Å²) in [5.41, 5.74) is 1.91. The second-order valence-corrected chi connectivity index (χ2v) is 4.57. The molecule has 0 unspecified atom stereocenters. The molecule has 1 fully saturated rings. The van der Waals surface area contributed by atoms with Gasteiger partial charge in [-0.05, 0) is 42.5 Å². The van der Waals surface area contributed by atoms with Crippen molar-refractivity contribution in [3.05, 3.63) is 29.3 Å². The number of carbonyl (C=O) groups is 1. The van der Waals surface area contributed by atoms with Crippen LogP contribution in [0.4, 0.5) is 0 Å². The summed E-state index contributed by atoms with van der Waals surface area (Å²) in [5, 5.41) is 2.97. The van der Waals surface area contributed by atoms with Gasteiger partial charge in [0.15, 0.2) is 0 Å². The molecule has 0 radical (unpaired) electrons. The first-order valence-corrected chi connectivity index (χ1v) is 5.87. The Morgan fingerprint density at radius 3 is 3.12 bits per heavy atom. The summed E-state index contributed by atoms with van der Waals surface area (Å²) in [6, 6.07) is 5.69. The van der Waals surface area contributed by atoms with Gasteiger partial charge in [-0.1, -0.05) is 0 Å². The standard InChI is InChI=1S/C13H15NO2/c15-13(14-8-9-1-2-9)11-3-4-12-10(7-11)5-6-16-12/h3-4,7,9H,1-2,5-6,8H2,(H,14,15). The SMILES string of the molecule is O=C(NCC1CC1)c1ccc2c(c1)CCO2. The number of carbonyl (C=O) groups excluding carboxylic acids is 1. The van der Waals surface area contributed by atoms with E-state index in [0.29, 0.717) is 0 Å². The van der Waals surface area contributed by atoms with Crippen LogP contribution in [0.5, 0.6) is 5.75 Å². The van der Waals surface area contributed by atoms with Crippen LogP contribution in [0.2, 0.25) is 0 Å². The number of fused-ring (bicyclic) bond motifs is 1. The molecule has 1 aromatic carbocycles. The second-order valence-electron chi connectivity index (χ2n) is 4.57. The maximum absolute atomic E-state index is 11.8. The van der Waals surface area contributed by atoms with Crippen molar-refractivity contribution in [1.82, 2.24) is 5.32 Å². The third-order valence-electron chi connectivity index (χ3n) is 3.20. The van der Waals surface area contributed by atoms with Gasteiger partial charge in [0.2, 0.25) is 0 Å². The molecule has 1 aromatic rings. The first-order valence-electron chi connectivity index (χ1n) is 5.87. The molecular weight excluding hydrogens is 202 g/mol. The molecule has 3 nitrogen and oxygen atoms in total. The van der Waals surface area contributed by atoms with Crippen LogP contribution in [-0.2, 0) is 6.42 Å². The zero-order chi connectivity index (χ0) is 11.0. The van der Waals surface area contributed by atoms with Crippen molar-refractivity contribution in [2.45, 2.75) is 19.3 Å². The van der Waals surface area contributed by atoms with Crippen LogP contribution < -0.4 is 10.1 Å².